The summed E-state index contributed by atoms with van der Waals surface area (Å²) in [4.78, 5) is 13.7. The van der Waals surface area contributed by atoms with Crippen LogP contribution in [0.5, 0.6) is 0 Å². The van der Waals surface area contributed by atoms with Gasteiger partial charge in [-0.2, -0.15) is 0 Å². The smallest absolute Gasteiger partial charge is 0.337 e. The maximum atomic E-state index is 11.3. The highest BCUT2D eigenvalue weighted by atomic mass is 16.5. The van der Waals surface area contributed by atoms with E-state index in [0.29, 0.717) is 5.56 Å². The van der Waals surface area contributed by atoms with Gasteiger partial charge >= 0.3 is 5.97 Å². The summed E-state index contributed by atoms with van der Waals surface area (Å²) in [6.07, 6.45) is 0. The molecule has 2 rings (SSSR count). The van der Waals surface area contributed by atoms with Gasteiger partial charge in [-0.15, -0.1) is 0 Å². The van der Waals surface area contributed by atoms with Crippen molar-refractivity contribution in [3.05, 3.63) is 34.9 Å². The van der Waals surface area contributed by atoms with Gasteiger partial charge in [0.05, 0.1) is 12.7 Å². The standard InChI is InChI=1S/C12H15NO2/c1-3-13-7-10-5-4-9(12(14)15-2)6-11(10)8-13/h4-6H,3,7-8H2,1-2H3. The fraction of sp³-hybridized carbons (Fsp3) is 0.417. The van der Waals surface area contributed by atoms with Gasteiger partial charge in [-0.25, -0.2) is 4.79 Å². The first kappa shape index (κ1) is 10.2. The Morgan fingerprint density at radius 2 is 2.13 bits per heavy atom. The lowest BCUT2D eigenvalue weighted by atomic mass is 10.1. The van der Waals surface area contributed by atoms with E-state index in [1.165, 1.54) is 18.2 Å². The summed E-state index contributed by atoms with van der Waals surface area (Å²) in [5.41, 5.74) is 3.22. The van der Waals surface area contributed by atoms with Crippen molar-refractivity contribution in [1.29, 1.82) is 0 Å². The van der Waals surface area contributed by atoms with E-state index in [9.17, 15) is 4.79 Å². The zero-order valence-corrected chi connectivity index (χ0v) is 9.12. The number of nitrogens with zero attached hydrogens (tertiary/aromatic N) is 1. The van der Waals surface area contributed by atoms with Crippen molar-refractivity contribution in [2.24, 2.45) is 0 Å². The maximum Gasteiger partial charge on any atom is 0.337 e. The quantitative estimate of drug-likeness (QED) is 0.690. The molecular formula is C12H15NO2. The SMILES string of the molecule is CCN1Cc2ccc(C(=O)OC)cc2C1. The first-order valence-corrected chi connectivity index (χ1v) is 5.17. The minimum absolute atomic E-state index is 0.257. The van der Waals surface area contributed by atoms with Crippen LogP contribution in [-0.2, 0) is 17.8 Å². The number of rotatable bonds is 2. The number of fused-ring (bicyclic) bond motifs is 1. The fourth-order valence-corrected chi connectivity index (χ4v) is 1.93. The number of methoxy groups -OCH3 is 1. The average molecular weight is 205 g/mol. The van der Waals surface area contributed by atoms with Gasteiger partial charge in [-0.05, 0) is 29.8 Å². The normalized spacial score (nSPS) is 15.1. The highest BCUT2D eigenvalue weighted by Gasteiger charge is 2.18. The molecule has 1 heterocycles. The van der Waals surface area contributed by atoms with Gasteiger partial charge in [0.15, 0.2) is 0 Å². The van der Waals surface area contributed by atoms with Gasteiger partial charge in [0.2, 0.25) is 0 Å². The van der Waals surface area contributed by atoms with Gasteiger partial charge in [-0.3, -0.25) is 4.90 Å². The molecular weight excluding hydrogens is 190 g/mol. The summed E-state index contributed by atoms with van der Waals surface area (Å²) < 4.78 is 4.70. The van der Waals surface area contributed by atoms with E-state index in [0.717, 1.165) is 19.6 Å². The zero-order valence-electron chi connectivity index (χ0n) is 9.12. The number of benzene rings is 1. The van der Waals surface area contributed by atoms with Crippen LogP contribution in [0.1, 0.15) is 28.4 Å². The molecule has 0 aliphatic carbocycles. The van der Waals surface area contributed by atoms with Crippen molar-refractivity contribution in [3.8, 4) is 0 Å². The molecule has 0 amide bonds. The summed E-state index contributed by atoms with van der Waals surface area (Å²) in [7, 11) is 1.41. The third-order valence-corrected chi connectivity index (χ3v) is 2.86. The van der Waals surface area contributed by atoms with E-state index in [1.54, 1.807) is 0 Å². The molecule has 0 bridgehead atoms. The minimum atomic E-state index is -0.257. The minimum Gasteiger partial charge on any atom is -0.465 e. The molecule has 0 N–H and O–H groups in total. The lowest BCUT2D eigenvalue weighted by molar-refractivity contribution is 0.0600. The lowest BCUT2D eigenvalue weighted by Crippen LogP contribution is -2.14. The molecule has 0 radical (unpaired) electrons. The second-order valence-corrected chi connectivity index (χ2v) is 3.78. The Morgan fingerprint density at radius 1 is 1.40 bits per heavy atom. The molecule has 3 heteroatoms. The summed E-state index contributed by atoms with van der Waals surface area (Å²) in [6.45, 7) is 5.12. The van der Waals surface area contributed by atoms with Gasteiger partial charge < -0.3 is 4.74 Å². The largest absolute Gasteiger partial charge is 0.465 e. The van der Waals surface area contributed by atoms with E-state index in [4.69, 9.17) is 4.74 Å². The van der Waals surface area contributed by atoms with Crippen LogP contribution in [0.25, 0.3) is 0 Å². The van der Waals surface area contributed by atoms with Crippen LogP contribution >= 0.6 is 0 Å². The summed E-state index contributed by atoms with van der Waals surface area (Å²) in [5.74, 6) is -0.257. The fourth-order valence-electron chi connectivity index (χ4n) is 1.93. The van der Waals surface area contributed by atoms with Crippen LogP contribution in [0.2, 0.25) is 0 Å². The molecule has 1 aromatic carbocycles. The Balaban J connectivity index is 2.26. The molecule has 3 nitrogen and oxygen atoms in total. The third-order valence-electron chi connectivity index (χ3n) is 2.86. The lowest BCUT2D eigenvalue weighted by Gasteiger charge is -2.09. The van der Waals surface area contributed by atoms with Gasteiger partial charge in [0.25, 0.3) is 0 Å². The van der Waals surface area contributed by atoms with Gasteiger partial charge in [-0.1, -0.05) is 13.0 Å². The zero-order chi connectivity index (χ0) is 10.8. The predicted molar refractivity (Wildman–Crippen MR) is 57.6 cm³/mol. The van der Waals surface area contributed by atoms with Crippen molar-refractivity contribution in [2.75, 3.05) is 13.7 Å². The second-order valence-electron chi connectivity index (χ2n) is 3.78. The maximum absolute atomic E-state index is 11.3. The molecule has 0 saturated carbocycles. The monoisotopic (exact) mass is 205 g/mol. The molecule has 80 valence electrons. The molecule has 0 spiro atoms. The number of carbonyl (C=O) groups excluding carboxylic acids is 1. The average Bonchev–Trinajstić information content (AvgIpc) is 2.69. The van der Waals surface area contributed by atoms with E-state index in [-0.39, 0.29) is 5.97 Å². The first-order valence-electron chi connectivity index (χ1n) is 5.17. The van der Waals surface area contributed by atoms with Crippen LogP contribution in [0, 0.1) is 0 Å². The molecule has 1 aromatic rings. The second kappa shape index (κ2) is 4.03. The Bertz CT molecular complexity index is 387. The van der Waals surface area contributed by atoms with Crippen LogP contribution in [0.4, 0.5) is 0 Å². The van der Waals surface area contributed by atoms with Gasteiger partial charge in [0, 0.05) is 13.1 Å². The van der Waals surface area contributed by atoms with Crippen molar-refractivity contribution in [1.82, 2.24) is 4.90 Å². The summed E-state index contributed by atoms with van der Waals surface area (Å²) >= 11 is 0. The number of hydrogen-bond donors (Lipinski definition) is 0. The molecule has 0 fully saturated rings. The predicted octanol–water partition coefficient (Wildman–Crippen LogP) is 1.81. The number of carbonyl (C=O) groups is 1. The highest BCUT2D eigenvalue weighted by Crippen LogP contribution is 2.23. The van der Waals surface area contributed by atoms with Crippen molar-refractivity contribution >= 4 is 5.97 Å². The van der Waals surface area contributed by atoms with Crippen molar-refractivity contribution in [2.45, 2.75) is 20.0 Å². The van der Waals surface area contributed by atoms with Gasteiger partial charge in [0.1, 0.15) is 0 Å². The molecule has 0 saturated heterocycles. The molecule has 0 aromatic heterocycles. The molecule has 0 atom stereocenters. The Kier molecular flexibility index (Phi) is 2.73. The Morgan fingerprint density at radius 3 is 2.80 bits per heavy atom. The van der Waals surface area contributed by atoms with Crippen molar-refractivity contribution in [3.63, 3.8) is 0 Å². The van der Waals surface area contributed by atoms with Crippen LogP contribution in [0.15, 0.2) is 18.2 Å². The molecule has 15 heavy (non-hydrogen) atoms. The molecule has 0 unspecified atom stereocenters. The topological polar surface area (TPSA) is 29.5 Å². The summed E-state index contributed by atoms with van der Waals surface area (Å²) in [6, 6.07) is 5.80. The van der Waals surface area contributed by atoms with Crippen LogP contribution in [-0.4, -0.2) is 24.5 Å². The van der Waals surface area contributed by atoms with E-state index in [1.807, 2.05) is 18.2 Å². The number of hydrogen-bond acceptors (Lipinski definition) is 3. The molecule has 1 aliphatic rings. The summed E-state index contributed by atoms with van der Waals surface area (Å²) in [5, 5.41) is 0. The Labute approximate surface area is 89.7 Å². The third kappa shape index (κ3) is 1.88. The number of ether oxygens (including phenoxy) is 1. The van der Waals surface area contributed by atoms with Crippen LogP contribution < -0.4 is 0 Å². The highest BCUT2D eigenvalue weighted by molar-refractivity contribution is 5.89. The van der Waals surface area contributed by atoms with Crippen molar-refractivity contribution < 1.29 is 9.53 Å². The van der Waals surface area contributed by atoms with E-state index < -0.39 is 0 Å². The van der Waals surface area contributed by atoms with E-state index >= 15 is 0 Å². The Hall–Kier alpha value is -1.35. The van der Waals surface area contributed by atoms with E-state index in [2.05, 4.69) is 11.8 Å². The number of esters is 1. The first-order chi connectivity index (χ1) is 7.24. The van der Waals surface area contributed by atoms with Crippen LogP contribution in [0.3, 0.4) is 0 Å². The molecule has 1 aliphatic heterocycles.